The molecule has 118 valence electrons. The van der Waals surface area contributed by atoms with Crippen molar-refractivity contribution in [2.75, 3.05) is 19.6 Å². The number of halogens is 1. The van der Waals surface area contributed by atoms with Crippen molar-refractivity contribution in [2.24, 2.45) is 0 Å². The lowest BCUT2D eigenvalue weighted by Crippen LogP contribution is -2.58. The first-order valence-corrected chi connectivity index (χ1v) is 8.83. The normalized spacial score (nSPS) is 24.0. The molecule has 1 aromatic heterocycles. The fourth-order valence-corrected chi connectivity index (χ4v) is 3.91. The number of rotatable bonds is 4. The smallest absolute Gasteiger partial charge is 0.261 e. The fraction of sp³-hybridized carbons (Fsp3) is 0.667. The second kappa shape index (κ2) is 6.77. The van der Waals surface area contributed by atoms with Crippen LogP contribution < -0.4 is 5.32 Å². The SMILES string of the molecule is C[C@H]1CN(C(C)(C)CNC(=O)c2ccc(Br)s2)C[C@H](C)O1. The van der Waals surface area contributed by atoms with Gasteiger partial charge in [0.05, 0.1) is 20.9 Å². The molecule has 0 radical (unpaired) electrons. The van der Waals surface area contributed by atoms with Crippen LogP contribution >= 0.6 is 27.3 Å². The van der Waals surface area contributed by atoms with Gasteiger partial charge in [0, 0.05) is 25.2 Å². The summed E-state index contributed by atoms with van der Waals surface area (Å²) >= 11 is 4.84. The number of ether oxygens (including phenoxy) is 1. The van der Waals surface area contributed by atoms with E-state index >= 15 is 0 Å². The highest BCUT2D eigenvalue weighted by molar-refractivity contribution is 9.11. The van der Waals surface area contributed by atoms with E-state index in [1.54, 1.807) is 0 Å². The third-order valence-electron chi connectivity index (χ3n) is 3.75. The first-order chi connectivity index (χ1) is 9.78. The summed E-state index contributed by atoms with van der Waals surface area (Å²) in [6.07, 6.45) is 0.467. The highest BCUT2D eigenvalue weighted by atomic mass is 79.9. The molecule has 1 fully saturated rings. The van der Waals surface area contributed by atoms with Crippen molar-refractivity contribution in [1.29, 1.82) is 0 Å². The molecule has 1 aliphatic rings. The van der Waals surface area contributed by atoms with Crippen LogP contribution in [0, 0.1) is 0 Å². The van der Waals surface area contributed by atoms with Gasteiger partial charge in [0.2, 0.25) is 0 Å². The van der Waals surface area contributed by atoms with Gasteiger partial charge < -0.3 is 10.1 Å². The second-order valence-electron chi connectivity index (χ2n) is 6.26. The number of nitrogens with one attached hydrogen (secondary N) is 1. The van der Waals surface area contributed by atoms with Gasteiger partial charge in [0.15, 0.2) is 0 Å². The Bertz CT molecular complexity index is 494. The second-order valence-corrected chi connectivity index (χ2v) is 8.72. The number of carbonyl (C=O) groups excluding carboxylic acids is 1. The highest BCUT2D eigenvalue weighted by Gasteiger charge is 2.33. The van der Waals surface area contributed by atoms with E-state index in [-0.39, 0.29) is 23.7 Å². The molecular weight excluding hydrogens is 352 g/mol. The quantitative estimate of drug-likeness (QED) is 0.879. The Morgan fingerprint density at radius 2 is 2.05 bits per heavy atom. The van der Waals surface area contributed by atoms with Crippen LogP contribution in [-0.4, -0.2) is 48.2 Å². The van der Waals surface area contributed by atoms with Crippen molar-refractivity contribution in [3.63, 3.8) is 0 Å². The van der Waals surface area contributed by atoms with Gasteiger partial charge in [-0.15, -0.1) is 11.3 Å². The van der Waals surface area contributed by atoms with Crippen LogP contribution in [0.15, 0.2) is 15.9 Å². The third-order valence-corrected chi connectivity index (χ3v) is 5.38. The van der Waals surface area contributed by atoms with E-state index in [9.17, 15) is 4.79 Å². The zero-order valence-corrected chi connectivity index (χ0v) is 15.4. The molecule has 0 aliphatic carbocycles. The molecule has 0 spiro atoms. The molecule has 0 saturated carbocycles. The molecule has 1 saturated heterocycles. The zero-order valence-electron chi connectivity index (χ0n) is 13.0. The number of hydrogen-bond acceptors (Lipinski definition) is 4. The van der Waals surface area contributed by atoms with Crippen molar-refractivity contribution in [1.82, 2.24) is 10.2 Å². The van der Waals surface area contributed by atoms with E-state index in [1.165, 1.54) is 11.3 Å². The maximum Gasteiger partial charge on any atom is 0.261 e. The molecule has 2 rings (SSSR count). The molecule has 2 atom stereocenters. The summed E-state index contributed by atoms with van der Waals surface area (Å²) < 4.78 is 6.75. The Morgan fingerprint density at radius 1 is 1.43 bits per heavy atom. The lowest BCUT2D eigenvalue weighted by atomic mass is 10.00. The van der Waals surface area contributed by atoms with Crippen LogP contribution in [-0.2, 0) is 4.74 Å². The van der Waals surface area contributed by atoms with Gasteiger partial charge >= 0.3 is 0 Å². The van der Waals surface area contributed by atoms with E-state index in [0.29, 0.717) is 6.54 Å². The molecule has 0 aromatic carbocycles. The van der Waals surface area contributed by atoms with Gasteiger partial charge in [-0.1, -0.05) is 0 Å². The lowest BCUT2D eigenvalue weighted by molar-refractivity contribution is -0.0948. The number of hydrogen-bond donors (Lipinski definition) is 1. The standard InChI is InChI=1S/C15H23BrN2O2S/c1-10-7-18(8-11(2)20-10)15(3,4)9-17-14(19)12-5-6-13(16)21-12/h5-6,10-11H,7-9H2,1-4H3,(H,17,19)/t10-,11-/m0/s1. The summed E-state index contributed by atoms with van der Waals surface area (Å²) in [6, 6.07) is 3.74. The molecular formula is C15H23BrN2O2S. The van der Waals surface area contributed by atoms with E-state index in [2.05, 4.69) is 53.8 Å². The fourth-order valence-electron chi connectivity index (χ4n) is 2.60. The third kappa shape index (κ3) is 4.52. The zero-order chi connectivity index (χ0) is 15.6. The van der Waals surface area contributed by atoms with Crippen LogP contribution in [0.1, 0.15) is 37.4 Å². The van der Waals surface area contributed by atoms with E-state index in [1.807, 2.05) is 12.1 Å². The van der Waals surface area contributed by atoms with Crippen LogP contribution in [0.3, 0.4) is 0 Å². The minimum absolute atomic E-state index is 0.00636. The van der Waals surface area contributed by atoms with Crippen LogP contribution in [0.2, 0.25) is 0 Å². The number of amides is 1. The molecule has 1 aliphatic heterocycles. The Morgan fingerprint density at radius 3 is 2.57 bits per heavy atom. The van der Waals surface area contributed by atoms with E-state index in [4.69, 9.17) is 4.74 Å². The number of carbonyl (C=O) groups is 1. The average Bonchev–Trinajstić information content (AvgIpc) is 2.82. The highest BCUT2D eigenvalue weighted by Crippen LogP contribution is 2.23. The summed E-state index contributed by atoms with van der Waals surface area (Å²) in [5, 5.41) is 3.05. The molecule has 4 nitrogen and oxygen atoms in total. The average molecular weight is 375 g/mol. The van der Waals surface area contributed by atoms with Gasteiger partial charge in [0.25, 0.3) is 5.91 Å². The molecule has 1 aromatic rings. The monoisotopic (exact) mass is 374 g/mol. The molecule has 2 heterocycles. The number of nitrogens with zero attached hydrogens (tertiary/aromatic N) is 1. The first kappa shape index (κ1) is 16.9. The summed E-state index contributed by atoms with van der Waals surface area (Å²) in [6.45, 7) is 11.0. The van der Waals surface area contributed by atoms with E-state index < -0.39 is 0 Å². The topological polar surface area (TPSA) is 41.6 Å². The van der Waals surface area contributed by atoms with Gasteiger partial charge in [-0.05, 0) is 55.8 Å². The minimum atomic E-state index is -0.0869. The van der Waals surface area contributed by atoms with Crippen molar-refractivity contribution < 1.29 is 9.53 Å². The molecule has 6 heteroatoms. The van der Waals surface area contributed by atoms with Crippen molar-refractivity contribution in [3.05, 3.63) is 20.8 Å². The van der Waals surface area contributed by atoms with Crippen molar-refractivity contribution >= 4 is 33.2 Å². The molecule has 0 unspecified atom stereocenters. The summed E-state index contributed by atoms with van der Waals surface area (Å²) in [7, 11) is 0. The molecule has 1 N–H and O–H groups in total. The predicted octanol–water partition coefficient (Wildman–Crippen LogP) is 3.13. The molecule has 1 amide bonds. The largest absolute Gasteiger partial charge is 0.373 e. The van der Waals surface area contributed by atoms with Gasteiger partial charge in [-0.25, -0.2) is 0 Å². The Hall–Kier alpha value is -0.430. The minimum Gasteiger partial charge on any atom is -0.373 e. The Labute approximate surface area is 139 Å². The Kier molecular flexibility index (Phi) is 5.46. The van der Waals surface area contributed by atoms with Gasteiger partial charge in [-0.2, -0.15) is 0 Å². The van der Waals surface area contributed by atoms with Gasteiger partial charge in [0.1, 0.15) is 0 Å². The van der Waals surface area contributed by atoms with Crippen molar-refractivity contribution in [3.8, 4) is 0 Å². The van der Waals surface area contributed by atoms with E-state index in [0.717, 1.165) is 21.8 Å². The molecule has 21 heavy (non-hydrogen) atoms. The summed E-state index contributed by atoms with van der Waals surface area (Å²) in [4.78, 5) is 15.3. The Balaban J connectivity index is 1.92. The van der Waals surface area contributed by atoms with Crippen LogP contribution in [0.25, 0.3) is 0 Å². The lowest BCUT2D eigenvalue weighted by Gasteiger charge is -2.45. The predicted molar refractivity (Wildman–Crippen MR) is 90.0 cm³/mol. The molecule has 0 bridgehead atoms. The summed E-state index contributed by atoms with van der Waals surface area (Å²) in [5.41, 5.74) is -0.0869. The van der Waals surface area contributed by atoms with Crippen molar-refractivity contribution in [2.45, 2.75) is 45.4 Å². The number of thiophene rings is 1. The van der Waals surface area contributed by atoms with Gasteiger partial charge in [-0.3, -0.25) is 9.69 Å². The number of morpholine rings is 1. The first-order valence-electron chi connectivity index (χ1n) is 7.22. The summed E-state index contributed by atoms with van der Waals surface area (Å²) in [5.74, 6) is -0.00636. The maximum atomic E-state index is 12.2. The van der Waals surface area contributed by atoms with Crippen LogP contribution in [0.5, 0.6) is 0 Å². The maximum absolute atomic E-state index is 12.2. The van der Waals surface area contributed by atoms with Crippen LogP contribution in [0.4, 0.5) is 0 Å².